The molecule has 4 aromatic rings. The Balaban J connectivity index is 1.37. The Bertz CT molecular complexity index is 1610. The summed E-state index contributed by atoms with van der Waals surface area (Å²) >= 11 is 1.39. The number of hydrogen-bond donors (Lipinski definition) is 3. The fraction of sp³-hybridized carbons (Fsp3) is 0.321. The van der Waals surface area contributed by atoms with Crippen molar-refractivity contribution in [1.82, 2.24) is 15.0 Å². The summed E-state index contributed by atoms with van der Waals surface area (Å²) in [5.41, 5.74) is 5.66. The van der Waals surface area contributed by atoms with Crippen molar-refractivity contribution >= 4 is 40.4 Å². The molecular weight excluding hydrogens is 504 g/mol. The summed E-state index contributed by atoms with van der Waals surface area (Å²) in [6.45, 7) is 8.10. The number of nitrogens with zero attached hydrogens (tertiary/aromatic N) is 1. The van der Waals surface area contributed by atoms with Gasteiger partial charge in [-0.3, -0.25) is 4.79 Å². The molecule has 9 nitrogen and oxygen atoms in total. The molecule has 10 heteroatoms. The molecule has 0 saturated heterocycles. The third-order valence-corrected chi connectivity index (χ3v) is 7.63. The molecule has 1 atom stereocenters. The number of ether oxygens (including phenoxy) is 2. The van der Waals surface area contributed by atoms with Crippen LogP contribution >= 0.6 is 11.8 Å². The average Bonchev–Trinajstić information content (AvgIpc) is 3.56. The largest absolute Gasteiger partial charge is 0.515 e. The maximum Gasteiger partial charge on any atom is 0.515 e. The van der Waals surface area contributed by atoms with Gasteiger partial charge in [-0.2, -0.15) is 0 Å². The lowest BCUT2D eigenvalue weighted by molar-refractivity contribution is -0.118. The van der Waals surface area contributed by atoms with Crippen molar-refractivity contribution in [1.29, 1.82) is 0 Å². The van der Waals surface area contributed by atoms with E-state index in [4.69, 9.17) is 13.9 Å². The van der Waals surface area contributed by atoms with Gasteiger partial charge in [-0.15, -0.1) is 0 Å². The second-order valence-corrected chi connectivity index (χ2v) is 11.4. The highest BCUT2D eigenvalue weighted by molar-refractivity contribution is 7.99. The first-order chi connectivity index (χ1) is 18.2. The van der Waals surface area contributed by atoms with Crippen molar-refractivity contribution in [3.05, 3.63) is 64.7 Å². The number of hydrogen-bond acceptors (Lipinski definition) is 8. The van der Waals surface area contributed by atoms with E-state index in [1.165, 1.54) is 11.8 Å². The summed E-state index contributed by atoms with van der Waals surface area (Å²) in [6.07, 6.45) is 2.06. The zero-order valence-corrected chi connectivity index (χ0v) is 22.4. The number of aromatic nitrogens is 3. The Hall–Kier alpha value is -3.92. The zero-order valence-electron chi connectivity index (χ0n) is 21.6. The number of aryl methyl sites for hydroxylation is 1. The number of allylic oxidation sites excluding steroid dienone is 2. The van der Waals surface area contributed by atoms with Crippen molar-refractivity contribution in [2.24, 2.45) is 5.41 Å². The van der Waals surface area contributed by atoms with Gasteiger partial charge in [-0.25, -0.2) is 9.78 Å². The Morgan fingerprint density at radius 2 is 2.08 bits per heavy atom. The standard InChI is InChI=1S/C28H28N4O5S/c1-5-35-27(34)37-25-24-15(13-29-25)22(23-18(30-24)11-28(3,4)12-19(23)33)20-8-9-21(36-20)38-26-31-16-7-6-14(2)10-17(16)32-26/h6-10,13,22,29-30H,5,11-12H2,1-4H3,(H,31,32). The van der Waals surface area contributed by atoms with Crippen LogP contribution in [0.1, 0.15) is 56.4 Å². The number of Topliss-reactive ketones (excluding diaryl/α,β-unsaturated/α-hetero) is 1. The van der Waals surface area contributed by atoms with Crippen LogP contribution in [0.4, 0.5) is 10.5 Å². The number of H-pyrrole nitrogens is 2. The van der Waals surface area contributed by atoms with Gasteiger partial charge in [-0.1, -0.05) is 19.9 Å². The minimum Gasteiger partial charge on any atom is -0.453 e. The molecule has 38 heavy (non-hydrogen) atoms. The number of aromatic amines is 2. The molecular formula is C28H28N4O5S. The van der Waals surface area contributed by atoms with E-state index in [-0.39, 0.29) is 23.7 Å². The maximum atomic E-state index is 13.5. The normalized spacial score (nSPS) is 18.2. The number of imidazole rings is 1. The van der Waals surface area contributed by atoms with Crippen molar-refractivity contribution in [2.45, 2.75) is 56.7 Å². The molecule has 3 aromatic heterocycles. The second-order valence-electron chi connectivity index (χ2n) is 10.4. The summed E-state index contributed by atoms with van der Waals surface area (Å²) < 4.78 is 16.7. The number of carbonyl (C=O) groups excluding carboxylic acids is 2. The van der Waals surface area contributed by atoms with Crippen molar-refractivity contribution in [3.63, 3.8) is 0 Å². The molecule has 3 N–H and O–H groups in total. The SMILES string of the molecule is CCOC(=O)Oc1[nH]cc2c1NC1=C(C(=O)CC(C)(C)C1)C2c1ccc(Sc2nc3cc(C)ccc3[nH]2)o1. The van der Waals surface area contributed by atoms with E-state index >= 15 is 0 Å². The Kier molecular flexibility index (Phi) is 5.86. The van der Waals surface area contributed by atoms with Gasteiger partial charge in [0.15, 0.2) is 16.0 Å². The first kappa shape index (κ1) is 24.4. The third-order valence-electron chi connectivity index (χ3n) is 6.82. The van der Waals surface area contributed by atoms with Gasteiger partial charge in [0.2, 0.25) is 5.88 Å². The number of ketones is 1. The summed E-state index contributed by atoms with van der Waals surface area (Å²) in [5, 5.41) is 4.75. The number of nitrogens with one attached hydrogen (secondary N) is 3. The van der Waals surface area contributed by atoms with E-state index in [0.29, 0.717) is 35.0 Å². The van der Waals surface area contributed by atoms with E-state index in [9.17, 15) is 9.59 Å². The molecule has 0 spiro atoms. The van der Waals surface area contributed by atoms with E-state index in [2.05, 4.69) is 34.1 Å². The molecule has 1 aliphatic heterocycles. The molecule has 4 heterocycles. The van der Waals surface area contributed by atoms with Crippen LogP contribution in [0, 0.1) is 12.3 Å². The number of benzene rings is 1. The number of furan rings is 1. The van der Waals surface area contributed by atoms with Gasteiger partial charge in [0.05, 0.1) is 23.6 Å². The summed E-state index contributed by atoms with van der Waals surface area (Å²) in [4.78, 5) is 36.5. The molecule has 0 amide bonds. The smallest absolute Gasteiger partial charge is 0.453 e. The van der Waals surface area contributed by atoms with Crippen molar-refractivity contribution < 1.29 is 23.5 Å². The Labute approximate surface area is 223 Å². The van der Waals surface area contributed by atoms with Crippen molar-refractivity contribution in [3.8, 4) is 5.88 Å². The van der Waals surface area contributed by atoms with E-state index in [0.717, 1.165) is 33.0 Å². The van der Waals surface area contributed by atoms with Crippen LogP contribution in [0.15, 0.2) is 62.5 Å². The predicted octanol–water partition coefficient (Wildman–Crippen LogP) is 6.68. The van der Waals surface area contributed by atoms with Gasteiger partial charge in [0.1, 0.15) is 11.4 Å². The summed E-state index contributed by atoms with van der Waals surface area (Å²) in [5.74, 6) is 0.494. The van der Waals surface area contributed by atoms with Gasteiger partial charge in [0, 0.05) is 29.5 Å². The van der Waals surface area contributed by atoms with E-state index in [1.54, 1.807) is 13.1 Å². The molecule has 0 fully saturated rings. The number of fused-ring (bicyclic) bond motifs is 2. The molecule has 1 aliphatic carbocycles. The van der Waals surface area contributed by atoms with Crippen LogP contribution in [0.5, 0.6) is 5.88 Å². The fourth-order valence-electron chi connectivity index (χ4n) is 5.25. The van der Waals surface area contributed by atoms with Crippen LogP contribution in [-0.2, 0) is 9.53 Å². The first-order valence-corrected chi connectivity index (χ1v) is 13.4. The molecule has 6 rings (SSSR count). The maximum absolute atomic E-state index is 13.5. The Morgan fingerprint density at radius 1 is 1.24 bits per heavy atom. The zero-order chi connectivity index (χ0) is 26.6. The van der Waals surface area contributed by atoms with Gasteiger partial charge >= 0.3 is 6.16 Å². The first-order valence-electron chi connectivity index (χ1n) is 12.5. The highest BCUT2D eigenvalue weighted by atomic mass is 32.2. The molecule has 0 saturated carbocycles. The highest BCUT2D eigenvalue weighted by Gasteiger charge is 2.43. The van der Waals surface area contributed by atoms with Crippen LogP contribution in [-0.4, -0.2) is 33.5 Å². The second kappa shape index (κ2) is 9.13. The van der Waals surface area contributed by atoms with E-state index < -0.39 is 12.1 Å². The number of carbonyl (C=O) groups is 2. The third kappa shape index (κ3) is 4.38. The van der Waals surface area contributed by atoms with Crippen LogP contribution in [0.3, 0.4) is 0 Å². The molecule has 196 valence electrons. The van der Waals surface area contributed by atoms with Crippen LogP contribution in [0.25, 0.3) is 11.0 Å². The topological polar surface area (TPSA) is 122 Å². The highest BCUT2D eigenvalue weighted by Crippen LogP contribution is 2.52. The molecule has 1 aromatic carbocycles. The molecule has 2 aliphatic rings. The number of rotatable bonds is 5. The minimum absolute atomic E-state index is 0.0757. The fourth-order valence-corrected chi connectivity index (χ4v) is 6.02. The number of anilines is 1. The predicted molar refractivity (Wildman–Crippen MR) is 143 cm³/mol. The molecule has 0 radical (unpaired) electrons. The minimum atomic E-state index is -0.798. The quantitative estimate of drug-likeness (QED) is 0.243. The van der Waals surface area contributed by atoms with Crippen LogP contribution < -0.4 is 10.1 Å². The summed E-state index contributed by atoms with van der Waals surface area (Å²) in [6, 6.07) is 9.87. The lowest BCUT2D eigenvalue weighted by atomic mass is 9.70. The van der Waals surface area contributed by atoms with Gasteiger partial charge in [-0.05, 0) is 67.3 Å². The lowest BCUT2D eigenvalue weighted by Crippen LogP contribution is -2.33. The monoisotopic (exact) mass is 532 g/mol. The van der Waals surface area contributed by atoms with Crippen molar-refractivity contribution in [2.75, 3.05) is 11.9 Å². The van der Waals surface area contributed by atoms with Gasteiger partial charge in [0.25, 0.3) is 0 Å². The Morgan fingerprint density at radius 3 is 2.89 bits per heavy atom. The molecule has 1 unspecified atom stereocenters. The lowest BCUT2D eigenvalue weighted by Gasteiger charge is -2.37. The van der Waals surface area contributed by atoms with Crippen LogP contribution in [0.2, 0.25) is 0 Å². The average molecular weight is 533 g/mol. The summed E-state index contributed by atoms with van der Waals surface area (Å²) in [7, 11) is 0. The van der Waals surface area contributed by atoms with E-state index in [1.807, 2.05) is 37.3 Å². The van der Waals surface area contributed by atoms with Gasteiger partial charge < -0.3 is 29.2 Å². The molecule has 0 bridgehead atoms.